The fraction of sp³-hybridized carbons (Fsp3) is 0.500. The third kappa shape index (κ3) is 1.98. The van der Waals surface area contributed by atoms with Crippen LogP contribution in [0.25, 0.3) is 0 Å². The van der Waals surface area contributed by atoms with Crippen molar-refractivity contribution in [3.8, 4) is 0 Å². The van der Waals surface area contributed by atoms with Crippen LogP contribution in [0.3, 0.4) is 0 Å². The molecule has 62 valence electrons. The molecular formula is C8H11ClO2. The van der Waals surface area contributed by atoms with E-state index in [0.717, 1.165) is 5.76 Å². The number of hydrogen-bond donors (Lipinski definition) is 1. The summed E-state index contributed by atoms with van der Waals surface area (Å²) in [6.45, 7) is 3.55. The lowest BCUT2D eigenvalue weighted by Gasteiger charge is -2.08. The van der Waals surface area contributed by atoms with Gasteiger partial charge in [-0.3, -0.25) is 0 Å². The van der Waals surface area contributed by atoms with E-state index in [1.807, 2.05) is 6.92 Å². The molecule has 0 saturated carbocycles. The molecule has 2 nitrogen and oxygen atoms in total. The highest BCUT2D eigenvalue weighted by Gasteiger charge is 2.16. The molecule has 0 bridgehead atoms. The van der Waals surface area contributed by atoms with Crippen LogP contribution in [0.2, 0.25) is 0 Å². The minimum absolute atomic E-state index is 0.319. The van der Waals surface area contributed by atoms with Crippen LogP contribution in [0.4, 0.5) is 0 Å². The van der Waals surface area contributed by atoms with Crippen LogP contribution in [0, 0.1) is 6.92 Å². The molecule has 0 aliphatic heterocycles. The van der Waals surface area contributed by atoms with Gasteiger partial charge in [-0.1, -0.05) is 0 Å². The van der Waals surface area contributed by atoms with Gasteiger partial charge in [0, 0.05) is 0 Å². The molecule has 0 saturated heterocycles. The van der Waals surface area contributed by atoms with Gasteiger partial charge in [0.1, 0.15) is 17.6 Å². The molecule has 1 N–H and O–H groups in total. The third-order valence-electron chi connectivity index (χ3n) is 1.49. The summed E-state index contributed by atoms with van der Waals surface area (Å²) in [5.74, 6) is 1.32. The lowest BCUT2D eigenvalue weighted by molar-refractivity contribution is 0.148. The summed E-state index contributed by atoms with van der Waals surface area (Å²) < 4.78 is 5.17. The average Bonchev–Trinajstić information content (AvgIpc) is 2.34. The Kier molecular flexibility index (Phi) is 2.58. The molecule has 11 heavy (non-hydrogen) atoms. The normalized spacial score (nSPS) is 16.4. The van der Waals surface area contributed by atoms with E-state index >= 15 is 0 Å². The van der Waals surface area contributed by atoms with Crippen molar-refractivity contribution < 1.29 is 9.52 Å². The van der Waals surface area contributed by atoms with Gasteiger partial charge in [0.05, 0.1) is 5.38 Å². The van der Waals surface area contributed by atoms with Gasteiger partial charge < -0.3 is 9.52 Å². The molecule has 0 aromatic carbocycles. The Labute approximate surface area is 70.8 Å². The predicted molar refractivity (Wildman–Crippen MR) is 43.7 cm³/mol. The molecule has 1 heterocycles. The molecule has 2 atom stereocenters. The Morgan fingerprint density at radius 1 is 1.55 bits per heavy atom. The van der Waals surface area contributed by atoms with Crippen LogP contribution in [0.1, 0.15) is 24.5 Å². The molecule has 2 unspecified atom stereocenters. The standard InChI is InChI=1S/C8H11ClO2/c1-5-3-4-7(11-5)8(10)6(2)9/h3-4,6,8,10H,1-2H3. The van der Waals surface area contributed by atoms with E-state index in [-0.39, 0.29) is 5.38 Å². The number of furan rings is 1. The largest absolute Gasteiger partial charge is 0.464 e. The summed E-state index contributed by atoms with van der Waals surface area (Å²) in [7, 11) is 0. The van der Waals surface area contributed by atoms with E-state index < -0.39 is 6.10 Å². The maximum Gasteiger partial charge on any atom is 0.134 e. The first-order chi connectivity index (χ1) is 5.11. The second-order valence-electron chi connectivity index (χ2n) is 2.57. The highest BCUT2D eigenvalue weighted by Crippen LogP contribution is 2.22. The first-order valence-electron chi connectivity index (χ1n) is 3.49. The molecule has 0 aliphatic rings. The number of alkyl halides is 1. The monoisotopic (exact) mass is 174 g/mol. The summed E-state index contributed by atoms with van der Waals surface area (Å²) in [4.78, 5) is 0. The van der Waals surface area contributed by atoms with Crippen LogP contribution < -0.4 is 0 Å². The Balaban J connectivity index is 2.76. The zero-order valence-electron chi connectivity index (χ0n) is 6.54. The van der Waals surface area contributed by atoms with Crippen LogP contribution >= 0.6 is 11.6 Å². The Bertz CT molecular complexity index is 230. The van der Waals surface area contributed by atoms with E-state index in [1.54, 1.807) is 19.1 Å². The van der Waals surface area contributed by atoms with E-state index in [1.165, 1.54) is 0 Å². The van der Waals surface area contributed by atoms with Crippen molar-refractivity contribution in [2.45, 2.75) is 25.3 Å². The van der Waals surface area contributed by atoms with Crippen LogP contribution in [0.15, 0.2) is 16.5 Å². The second kappa shape index (κ2) is 3.28. The summed E-state index contributed by atoms with van der Waals surface area (Å²) in [5, 5.41) is 9.07. The van der Waals surface area contributed by atoms with Crippen molar-refractivity contribution in [2.75, 3.05) is 0 Å². The van der Waals surface area contributed by atoms with Crippen molar-refractivity contribution in [2.24, 2.45) is 0 Å². The quantitative estimate of drug-likeness (QED) is 0.698. The Morgan fingerprint density at radius 2 is 2.18 bits per heavy atom. The fourth-order valence-corrected chi connectivity index (χ4v) is 0.963. The number of aliphatic hydroxyl groups excluding tert-OH is 1. The van der Waals surface area contributed by atoms with Crippen LogP contribution in [0.5, 0.6) is 0 Å². The van der Waals surface area contributed by atoms with Gasteiger partial charge in [0.15, 0.2) is 0 Å². The zero-order valence-corrected chi connectivity index (χ0v) is 7.30. The lowest BCUT2D eigenvalue weighted by Crippen LogP contribution is -2.06. The topological polar surface area (TPSA) is 33.4 Å². The van der Waals surface area contributed by atoms with Crippen LogP contribution in [-0.2, 0) is 0 Å². The lowest BCUT2D eigenvalue weighted by atomic mass is 10.2. The number of aliphatic hydroxyl groups is 1. The second-order valence-corrected chi connectivity index (χ2v) is 3.26. The number of aryl methyl sites for hydroxylation is 1. The predicted octanol–water partition coefficient (Wildman–Crippen LogP) is 2.25. The Morgan fingerprint density at radius 3 is 2.55 bits per heavy atom. The first-order valence-corrected chi connectivity index (χ1v) is 3.93. The van der Waals surface area contributed by atoms with Gasteiger partial charge >= 0.3 is 0 Å². The maximum atomic E-state index is 9.39. The minimum atomic E-state index is -0.703. The van der Waals surface area contributed by atoms with Crippen molar-refractivity contribution in [3.05, 3.63) is 23.7 Å². The highest BCUT2D eigenvalue weighted by molar-refractivity contribution is 6.20. The minimum Gasteiger partial charge on any atom is -0.464 e. The number of rotatable bonds is 2. The molecule has 1 rings (SSSR count). The van der Waals surface area contributed by atoms with Crippen molar-refractivity contribution in [1.29, 1.82) is 0 Å². The van der Waals surface area contributed by atoms with Crippen LogP contribution in [-0.4, -0.2) is 10.5 Å². The van der Waals surface area contributed by atoms with Crippen molar-refractivity contribution >= 4 is 11.6 Å². The molecule has 1 aromatic rings. The zero-order chi connectivity index (χ0) is 8.43. The van der Waals surface area contributed by atoms with Crippen molar-refractivity contribution in [1.82, 2.24) is 0 Å². The average molecular weight is 175 g/mol. The molecule has 0 radical (unpaired) electrons. The van der Waals surface area contributed by atoms with E-state index in [4.69, 9.17) is 16.0 Å². The summed E-state index contributed by atoms with van der Waals surface area (Å²) in [6, 6.07) is 3.54. The number of hydrogen-bond acceptors (Lipinski definition) is 2. The van der Waals surface area contributed by atoms with Gasteiger partial charge in [-0.05, 0) is 26.0 Å². The molecule has 3 heteroatoms. The fourth-order valence-electron chi connectivity index (χ4n) is 0.839. The molecule has 0 amide bonds. The Hall–Kier alpha value is -0.470. The van der Waals surface area contributed by atoms with E-state index in [0.29, 0.717) is 5.76 Å². The smallest absolute Gasteiger partial charge is 0.134 e. The molecule has 0 aliphatic carbocycles. The third-order valence-corrected chi connectivity index (χ3v) is 1.73. The molecule has 1 aromatic heterocycles. The number of halogens is 1. The van der Waals surface area contributed by atoms with Gasteiger partial charge in [-0.15, -0.1) is 11.6 Å². The molecule has 0 fully saturated rings. The van der Waals surface area contributed by atoms with Gasteiger partial charge in [0.2, 0.25) is 0 Å². The van der Waals surface area contributed by atoms with Gasteiger partial charge in [0.25, 0.3) is 0 Å². The van der Waals surface area contributed by atoms with Crippen molar-refractivity contribution in [3.63, 3.8) is 0 Å². The van der Waals surface area contributed by atoms with Gasteiger partial charge in [-0.25, -0.2) is 0 Å². The van der Waals surface area contributed by atoms with E-state index in [9.17, 15) is 5.11 Å². The molecular weight excluding hydrogens is 164 g/mol. The maximum absolute atomic E-state index is 9.39. The van der Waals surface area contributed by atoms with Gasteiger partial charge in [-0.2, -0.15) is 0 Å². The molecule has 0 spiro atoms. The summed E-state index contributed by atoms with van der Waals surface area (Å²) in [5.41, 5.74) is 0. The SMILES string of the molecule is Cc1ccc(C(O)C(C)Cl)o1. The summed E-state index contributed by atoms with van der Waals surface area (Å²) in [6.07, 6.45) is -0.703. The first kappa shape index (κ1) is 8.62. The summed E-state index contributed by atoms with van der Waals surface area (Å²) >= 11 is 5.66. The van der Waals surface area contributed by atoms with E-state index in [2.05, 4.69) is 0 Å². The highest BCUT2D eigenvalue weighted by atomic mass is 35.5.